The van der Waals surface area contributed by atoms with E-state index in [9.17, 15) is 8.42 Å². The third kappa shape index (κ3) is 4.03. The van der Waals surface area contributed by atoms with Crippen LogP contribution in [0.4, 0.5) is 0 Å². The average molecular weight is 352 g/mol. The van der Waals surface area contributed by atoms with Gasteiger partial charge in [0.1, 0.15) is 0 Å². The Bertz CT molecular complexity index is 810. The van der Waals surface area contributed by atoms with E-state index in [0.717, 1.165) is 37.4 Å². The first-order valence-corrected chi connectivity index (χ1v) is 9.88. The van der Waals surface area contributed by atoms with Crippen LogP contribution in [0, 0.1) is 6.92 Å². The molecule has 1 aliphatic heterocycles. The standard InChI is InChI=1S/C15H24N6O2S/c1-12-6-14(19(2)18-12)9-20-8-13(4-5-17-24(3,22)23)21-11-16-7-15(21)10-20/h6-7,11,13,17H,4-5,8-10H2,1-3H3/t13-/m1/s1. The minimum Gasteiger partial charge on any atom is -0.329 e. The summed E-state index contributed by atoms with van der Waals surface area (Å²) in [5, 5.41) is 4.40. The number of nitrogens with zero attached hydrogens (tertiary/aromatic N) is 5. The maximum Gasteiger partial charge on any atom is 0.208 e. The Kier molecular flexibility index (Phi) is 4.75. The van der Waals surface area contributed by atoms with Gasteiger partial charge in [-0.3, -0.25) is 9.58 Å². The van der Waals surface area contributed by atoms with Gasteiger partial charge in [-0.05, 0) is 19.4 Å². The Morgan fingerprint density at radius 2 is 2.21 bits per heavy atom. The first-order chi connectivity index (χ1) is 11.3. The quantitative estimate of drug-likeness (QED) is 0.814. The molecule has 0 aromatic carbocycles. The lowest BCUT2D eigenvalue weighted by Gasteiger charge is -2.34. The van der Waals surface area contributed by atoms with Gasteiger partial charge in [0, 0.05) is 45.5 Å². The van der Waals surface area contributed by atoms with Gasteiger partial charge in [0.25, 0.3) is 0 Å². The Labute approximate surface area is 142 Å². The topological polar surface area (TPSA) is 85.0 Å². The molecule has 0 amide bonds. The van der Waals surface area contributed by atoms with Gasteiger partial charge in [-0.1, -0.05) is 0 Å². The van der Waals surface area contributed by atoms with Crippen LogP contribution in [0.3, 0.4) is 0 Å². The molecule has 9 heteroatoms. The molecule has 24 heavy (non-hydrogen) atoms. The molecule has 0 spiro atoms. The van der Waals surface area contributed by atoms with E-state index in [2.05, 4.69) is 30.3 Å². The number of aromatic nitrogens is 4. The lowest BCUT2D eigenvalue weighted by molar-refractivity contribution is 0.168. The zero-order chi connectivity index (χ0) is 17.3. The summed E-state index contributed by atoms with van der Waals surface area (Å²) in [4.78, 5) is 6.61. The maximum atomic E-state index is 11.3. The third-order valence-corrected chi connectivity index (χ3v) is 5.05. The highest BCUT2D eigenvalue weighted by Crippen LogP contribution is 2.24. The van der Waals surface area contributed by atoms with Crippen LogP contribution in [0.5, 0.6) is 0 Å². The van der Waals surface area contributed by atoms with Crippen molar-refractivity contribution in [2.24, 2.45) is 7.05 Å². The molecule has 3 heterocycles. The zero-order valence-electron chi connectivity index (χ0n) is 14.3. The number of sulfonamides is 1. The molecule has 0 aliphatic carbocycles. The fourth-order valence-electron chi connectivity index (χ4n) is 3.27. The van der Waals surface area contributed by atoms with Crippen molar-refractivity contribution < 1.29 is 8.42 Å². The van der Waals surface area contributed by atoms with E-state index in [1.54, 1.807) is 0 Å². The second-order valence-corrected chi connectivity index (χ2v) is 8.30. The molecule has 2 aromatic rings. The molecule has 8 nitrogen and oxygen atoms in total. The molecule has 0 unspecified atom stereocenters. The number of rotatable bonds is 6. The highest BCUT2D eigenvalue weighted by Gasteiger charge is 2.25. The van der Waals surface area contributed by atoms with Crippen LogP contribution in [-0.2, 0) is 30.2 Å². The Morgan fingerprint density at radius 1 is 1.42 bits per heavy atom. The van der Waals surface area contributed by atoms with Gasteiger partial charge in [-0.15, -0.1) is 0 Å². The van der Waals surface area contributed by atoms with Crippen LogP contribution in [0.15, 0.2) is 18.6 Å². The Morgan fingerprint density at radius 3 is 2.88 bits per heavy atom. The number of nitrogens with one attached hydrogen (secondary N) is 1. The molecule has 132 valence electrons. The van der Waals surface area contributed by atoms with Crippen molar-refractivity contribution in [2.75, 3.05) is 19.3 Å². The molecule has 1 atom stereocenters. The normalized spacial score (nSPS) is 18.7. The van der Waals surface area contributed by atoms with Crippen LogP contribution in [0.25, 0.3) is 0 Å². The molecule has 1 N–H and O–H groups in total. The first-order valence-electron chi connectivity index (χ1n) is 7.99. The highest BCUT2D eigenvalue weighted by molar-refractivity contribution is 7.88. The van der Waals surface area contributed by atoms with E-state index >= 15 is 0 Å². The van der Waals surface area contributed by atoms with Crippen LogP contribution < -0.4 is 4.72 Å². The Hall–Kier alpha value is -1.71. The largest absolute Gasteiger partial charge is 0.329 e. The monoisotopic (exact) mass is 352 g/mol. The molecular weight excluding hydrogens is 328 g/mol. The highest BCUT2D eigenvalue weighted by atomic mass is 32.2. The number of aryl methyl sites for hydroxylation is 2. The minimum absolute atomic E-state index is 0.208. The van der Waals surface area contributed by atoms with Crippen LogP contribution in [0.2, 0.25) is 0 Å². The summed E-state index contributed by atoms with van der Waals surface area (Å²) in [6.45, 7) is 4.94. The number of hydrogen-bond acceptors (Lipinski definition) is 5. The Balaban J connectivity index is 1.70. The van der Waals surface area contributed by atoms with Gasteiger partial charge in [0.15, 0.2) is 0 Å². The molecular formula is C15H24N6O2S. The van der Waals surface area contributed by atoms with Gasteiger partial charge < -0.3 is 4.57 Å². The zero-order valence-corrected chi connectivity index (χ0v) is 15.1. The number of fused-ring (bicyclic) bond motifs is 1. The van der Waals surface area contributed by atoms with Gasteiger partial charge in [0.2, 0.25) is 10.0 Å². The lowest BCUT2D eigenvalue weighted by atomic mass is 10.1. The fraction of sp³-hybridized carbons (Fsp3) is 0.600. The molecule has 0 radical (unpaired) electrons. The van der Waals surface area contributed by atoms with Gasteiger partial charge in [-0.2, -0.15) is 5.10 Å². The van der Waals surface area contributed by atoms with E-state index in [1.807, 2.05) is 31.2 Å². The molecule has 1 aliphatic rings. The SMILES string of the molecule is Cc1cc(CN2Cc3cncn3[C@H](CCNS(C)(=O)=O)C2)n(C)n1. The summed E-state index contributed by atoms with van der Waals surface area (Å²) in [5.41, 5.74) is 3.35. The van der Waals surface area contributed by atoms with Crippen LogP contribution >= 0.6 is 0 Å². The molecule has 0 bridgehead atoms. The van der Waals surface area contributed by atoms with E-state index < -0.39 is 10.0 Å². The predicted molar refractivity (Wildman–Crippen MR) is 90.8 cm³/mol. The van der Waals surface area contributed by atoms with Crippen molar-refractivity contribution >= 4 is 10.0 Å². The summed E-state index contributed by atoms with van der Waals surface area (Å²) in [7, 11) is -1.19. The summed E-state index contributed by atoms with van der Waals surface area (Å²) in [5.74, 6) is 0. The van der Waals surface area contributed by atoms with Gasteiger partial charge in [-0.25, -0.2) is 18.1 Å². The van der Waals surface area contributed by atoms with Crippen molar-refractivity contribution in [3.05, 3.63) is 35.7 Å². The minimum atomic E-state index is -3.15. The van der Waals surface area contributed by atoms with Crippen molar-refractivity contribution in [3.8, 4) is 0 Å². The van der Waals surface area contributed by atoms with Crippen molar-refractivity contribution in [3.63, 3.8) is 0 Å². The number of hydrogen-bond donors (Lipinski definition) is 1. The summed E-state index contributed by atoms with van der Waals surface area (Å²) >= 11 is 0. The van der Waals surface area contributed by atoms with E-state index in [0.29, 0.717) is 6.54 Å². The molecule has 0 saturated carbocycles. The summed E-state index contributed by atoms with van der Waals surface area (Å²) in [6, 6.07) is 2.31. The second kappa shape index (κ2) is 6.66. The van der Waals surface area contributed by atoms with Crippen molar-refractivity contribution in [2.45, 2.75) is 32.5 Å². The number of imidazole rings is 1. The van der Waals surface area contributed by atoms with Crippen molar-refractivity contribution in [1.82, 2.24) is 29.0 Å². The van der Waals surface area contributed by atoms with E-state index in [-0.39, 0.29) is 6.04 Å². The molecule has 3 rings (SSSR count). The third-order valence-electron chi connectivity index (χ3n) is 4.32. The first kappa shape index (κ1) is 17.1. The maximum absolute atomic E-state index is 11.3. The smallest absolute Gasteiger partial charge is 0.208 e. The molecule has 0 fully saturated rings. The lowest BCUT2D eigenvalue weighted by Crippen LogP contribution is -2.38. The van der Waals surface area contributed by atoms with Crippen molar-refractivity contribution in [1.29, 1.82) is 0 Å². The van der Waals surface area contributed by atoms with Gasteiger partial charge >= 0.3 is 0 Å². The average Bonchev–Trinajstić information content (AvgIpc) is 3.04. The van der Waals surface area contributed by atoms with Crippen LogP contribution in [-0.4, -0.2) is 52.0 Å². The summed E-state index contributed by atoms with van der Waals surface area (Å²) < 4.78 is 29.2. The van der Waals surface area contributed by atoms with E-state index in [1.165, 1.54) is 11.9 Å². The molecule has 0 saturated heterocycles. The fourth-order valence-corrected chi connectivity index (χ4v) is 3.75. The van der Waals surface area contributed by atoms with Crippen LogP contribution in [0.1, 0.15) is 29.5 Å². The second-order valence-electron chi connectivity index (χ2n) is 6.47. The summed E-state index contributed by atoms with van der Waals surface area (Å²) in [6.07, 6.45) is 5.65. The predicted octanol–water partition coefficient (Wildman–Crippen LogP) is 0.421. The van der Waals surface area contributed by atoms with Gasteiger partial charge in [0.05, 0.1) is 29.7 Å². The molecule has 2 aromatic heterocycles. The van der Waals surface area contributed by atoms with E-state index in [4.69, 9.17) is 0 Å².